The number of nitrogens with zero attached hydrogens (tertiary/aromatic N) is 2. The van der Waals surface area contributed by atoms with Gasteiger partial charge in [0.15, 0.2) is 27.8 Å². The van der Waals surface area contributed by atoms with Gasteiger partial charge >= 0.3 is 5.97 Å². The van der Waals surface area contributed by atoms with E-state index in [-0.39, 0.29) is 30.3 Å². The summed E-state index contributed by atoms with van der Waals surface area (Å²) in [4.78, 5) is 31.9. The standard InChI is InChI=1S/C26H23IN2O7S/c1-4-33-19-9-14(8-16(27)23(19)30)10-20-24(31)29-22(15-6-7-17-18(11-15)36-12-35-17)21(25(32)34-5-2)13(3)28-26(29)37-20/h6-11,22,30H,4-5,12H2,1-3H3/t22-/m0/s1. The molecule has 9 nitrogen and oxygen atoms in total. The molecule has 0 amide bonds. The van der Waals surface area contributed by atoms with Crippen molar-refractivity contribution in [1.82, 2.24) is 4.57 Å². The molecule has 1 aromatic heterocycles. The van der Waals surface area contributed by atoms with Gasteiger partial charge in [-0.2, -0.15) is 0 Å². The molecule has 11 heteroatoms. The zero-order valence-corrected chi connectivity index (χ0v) is 23.2. The van der Waals surface area contributed by atoms with Crippen molar-refractivity contribution in [2.45, 2.75) is 26.8 Å². The molecular formula is C26H23IN2O7S. The number of thiazole rings is 1. The zero-order chi connectivity index (χ0) is 26.3. The molecular weight excluding hydrogens is 611 g/mol. The van der Waals surface area contributed by atoms with Crippen molar-refractivity contribution in [3.8, 4) is 23.0 Å². The minimum Gasteiger partial charge on any atom is -0.504 e. The van der Waals surface area contributed by atoms with Gasteiger partial charge in [-0.3, -0.25) is 9.36 Å². The Morgan fingerprint density at radius 2 is 2.03 bits per heavy atom. The average Bonchev–Trinajstić information content (AvgIpc) is 3.45. The number of hydrogen-bond acceptors (Lipinski definition) is 9. The summed E-state index contributed by atoms with van der Waals surface area (Å²) in [5.41, 5.74) is 1.83. The number of aromatic nitrogens is 1. The van der Waals surface area contributed by atoms with Crippen molar-refractivity contribution >= 4 is 46.0 Å². The summed E-state index contributed by atoms with van der Waals surface area (Å²) < 4.78 is 24.4. The molecule has 1 atom stereocenters. The molecule has 3 aromatic rings. The predicted octanol–water partition coefficient (Wildman–Crippen LogP) is 3.24. The number of phenols is 1. The Hall–Kier alpha value is -3.32. The number of halogens is 1. The zero-order valence-electron chi connectivity index (χ0n) is 20.2. The van der Waals surface area contributed by atoms with Crippen LogP contribution in [0.3, 0.4) is 0 Å². The molecule has 37 heavy (non-hydrogen) atoms. The molecule has 0 bridgehead atoms. The Bertz CT molecular complexity index is 1620. The van der Waals surface area contributed by atoms with Crippen LogP contribution in [0.1, 0.15) is 37.9 Å². The van der Waals surface area contributed by atoms with Crippen LogP contribution in [0.4, 0.5) is 0 Å². The maximum atomic E-state index is 13.8. The largest absolute Gasteiger partial charge is 0.504 e. The number of carbonyl (C=O) groups excluding carboxylic acids is 1. The second kappa shape index (κ2) is 10.2. The fourth-order valence-corrected chi connectivity index (χ4v) is 5.96. The lowest BCUT2D eigenvalue weighted by molar-refractivity contribution is -0.139. The molecule has 3 heterocycles. The van der Waals surface area contributed by atoms with Gasteiger partial charge in [-0.1, -0.05) is 17.4 Å². The molecule has 192 valence electrons. The first-order chi connectivity index (χ1) is 17.8. The number of carbonyl (C=O) groups is 1. The van der Waals surface area contributed by atoms with Gasteiger partial charge in [-0.05, 0) is 84.8 Å². The number of phenolic OH excluding ortho intramolecular Hbond substituents is 1. The molecule has 1 N–H and O–H groups in total. The van der Waals surface area contributed by atoms with Gasteiger partial charge in [-0.15, -0.1) is 0 Å². The summed E-state index contributed by atoms with van der Waals surface area (Å²) in [6.45, 7) is 5.98. The van der Waals surface area contributed by atoms with Crippen LogP contribution < -0.4 is 29.1 Å². The summed E-state index contributed by atoms with van der Waals surface area (Å²) >= 11 is 3.24. The fraction of sp³-hybridized carbons (Fsp3) is 0.269. The SMILES string of the molecule is CCOC(=O)C1=C(C)N=c2sc(=Cc3cc(I)c(O)c(OCC)c3)c(=O)n2[C@H]1c1ccc2c(c1)OCO2. The minimum absolute atomic E-state index is 0.0542. The summed E-state index contributed by atoms with van der Waals surface area (Å²) in [7, 11) is 0. The van der Waals surface area contributed by atoms with Gasteiger partial charge in [0.1, 0.15) is 0 Å². The lowest BCUT2D eigenvalue weighted by atomic mass is 9.95. The number of benzene rings is 2. The first-order valence-corrected chi connectivity index (χ1v) is 13.5. The topological polar surface area (TPSA) is 109 Å². The second-order valence-corrected chi connectivity index (χ2v) is 10.4. The molecule has 5 rings (SSSR count). The third-order valence-corrected chi connectivity index (χ3v) is 7.68. The average molecular weight is 634 g/mol. The molecule has 0 unspecified atom stereocenters. The van der Waals surface area contributed by atoms with E-state index < -0.39 is 12.0 Å². The molecule has 0 spiro atoms. The third kappa shape index (κ3) is 4.61. The van der Waals surface area contributed by atoms with Gasteiger partial charge in [0.05, 0.1) is 38.6 Å². The van der Waals surface area contributed by atoms with Crippen LogP contribution in [0.5, 0.6) is 23.0 Å². The lowest BCUT2D eigenvalue weighted by Gasteiger charge is -2.24. The van der Waals surface area contributed by atoms with Crippen molar-refractivity contribution in [2.75, 3.05) is 20.0 Å². The van der Waals surface area contributed by atoms with Crippen LogP contribution in [0, 0.1) is 3.57 Å². The van der Waals surface area contributed by atoms with Crippen molar-refractivity contribution in [1.29, 1.82) is 0 Å². The van der Waals surface area contributed by atoms with Gasteiger partial charge < -0.3 is 24.1 Å². The summed E-state index contributed by atoms with van der Waals surface area (Å²) in [5.74, 6) is 1.00. The molecule has 0 saturated carbocycles. The highest BCUT2D eigenvalue weighted by Crippen LogP contribution is 2.38. The Balaban J connectivity index is 1.70. The van der Waals surface area contributed by atoms with Crippen molar-refractivity contribution in [3.05, 3.63) is 76.0 Å². The first-order valence-electron chi connectivity index (χ1n) is 11.6. The van der Waals surface area contributed by atoms with Crippen LogP contribution in [-0.2, 0) is 9.53 Å². The molecule has 2 aromatic carbocycles. The van der Waals surface area contributed by atoms with Gasteiger partial charge in [0, 0.05) is 0 Å². The van der Waals surface area contributed by atoms with E-state index in [0.29, 0.717) is 53.6 Å². The van der Waals surface area contributed by atoms with Crippen LogP contribution in [0.25, 0.3) is 6.08 Å². The van der Waals surface area contributed by atoms with E-state index in [9.17, 15) is 14.7 Å². The second-order valence-electron chi connectivity index (χ2n) is 8.20. The van der Waals surface area contributed by atoms with E-state index in [1.54, 1.807) is 44.2 Å². The van der Waals surface area contributed by atoms with Crippen molar-refractivity contribution in [3.63, 3.8) is 0 Å². The number of hydrogen-bond donors (Lipinski definition) is 1. The molecule has 2 aliphatic rings. The van der Waals surface area contributed by atoms with Crippen LogP contribution in [0.2, 0.25) is 0 Å². The van der Waals surface area contributed by atoms with Gasteiger partial charge in [0.2, 0.25) is 6.79 Å². The highest BCUT2D eigenvalue weighted by molar-refractivity contribution is 14.1. The Labute approximate surface area is 229 Å². The maximum Gasteiger partial charge on any atom is 0.338 e. The number of allylic oxidation sites excluding steroid dienone is 1. The van der Waals surface area contributed by atoms with Crippen molar-refractivity contribution < 1.29 is 28.8 Å². The molecule has 0 fully saturated rings. The van der Waals surface area contributed by atoms with E-state index in [1.807, 2.05) is 35.6 Å². The summed E-state index contributed by atoms with van der Waals surface area (Å²) in [5, 5.41) is 10.3. The number of rotatable bonds is 6. The van der Waals surface area contributed by atoms with E-state index in [0.717, 1.165) is 0 Å². The summed E-state index contributed by atoms with van der Waals surface area (Å²) in [6.07, 6.45) is 1.73. The van der Waals surface area contributed by atoms with Crippen molar-refractivity contribution in [2.24, 2.45) is 4.99 Å². The Morgan fingerprint density at radius 3 is 2.78 bits per heavy atom. The highest BCUT2D eigenvalue weighted by Gasteiger charge is 2.34. The summed E-state index contributed by atoms with van der Waals surface area (Å²) in [6, 6.07) is 8.04. The molecule has 2 aliphatic heterocycles. The van der Waals surface area contributed by atoms with Crippen LogP contribution >= 0.6 is 33.9 Å². The number of fused-ring (bicyclic) bond motifs is 2. The quantitative estimate of drug-likeness (QED) is 0.328. The van der Waals surface area contributed by atoms with Crippen LogP contribution in [0.15, 0.2) is 51.4 Å². The fourth-order valence-electron chi connectivity index (χ4n) is 4.28. The predicted molar refractivity (Wildman–Crippen MR) is 145 cm³/mol. The van der Waals surface area contributed by atoms with Crippen LogP contribution in [-0.4, -0.2) is 35.6 Å². The van der Waals surface area contributed by atoms with Gasteiger partial charge in [0.25, 0.3) is 5.56 Å². The lowest BCUT2D eigenvalue weighted by Crippen LogP contribution is -2.39. The van der Waals surface area contributed by atoms with E-state index in [1.165, 1.54) is 15.9 Å². The third-order valence-electron chi connectivity index (χ3n) is 5.88. The normalized spacial score (nSPS) is 16.4. The highest BCUT2D eigenvalue weighted by atomic mass is 127. The number of ether oxygens (including phenoxy) is 4. The Morgan fingerprint density at radius 1 is 1.24 bits per heavy atom. The van der Waals surface area contributed by atoms with E-state index >= 15 is 0 Å². The number of aromatic hydroxyl groups is 1. The molecule has 0 saturated heterocycles. The Kier molecular flexibility index (Phi) is 6.99. The molecule has 0 radical (unpaired) electrons. The maximum absolute atomic E-state index is 13.8. The monoisotopic (exact) mass is 634 g/mol. The smallest absolute Gasteiger partial charge is 0.338 e. The first kappa shape index (κ1) is 25.3. The van der Waals surface area contributed by atoms with E-state index in [4.69, 9.17) is 18.9 Å². The molecule has 0 aliphatic carbocycles. The number of esters is 1. The van der Waals surface area contributed by atoms with E-state index in [2.05, 4.69) is 4.99 Å². The van der Waals surface area contributed by atoms with Gasteiger partial charge in [-0.25, -0.2) is 9.79 Å². The minimum atomic E-state index is -0.758.